The predicted molar refractivity (Wildman–Crippen MR) is 90.1 cm³/mol. The van der Waals surface area contributed by atoms with Crippen LogP contribution in [0.3, 0.4) is 0 Å². The molecule has 1 N–H and O–H groups in total. The summed E-state index contributed by atoms with van der Waals surface area (Å²) >= 11 is 2.05. The third-order valence-electron chi connectivity index (χ3n) is 5.13. The van der Waals surface area contributed by atoms with Crippen molar-refractivity contribution in [2.75, 3.05) is 31.9 Å². The lowest BCUT2D eigenvalue weighted by molar-refractivity contribution is 0.230. The van der Waals surface area contributed by atoms with Gasteiger partial charge in [-0.1, -0.05) is 18.2 Å². The minimum absolute atomic E-state index is 0.742. The molecule has 2 heterocycles. The summed E-state index contributed by atoms with van der Waals surface area (Å²) in [6, 6.07) is 9.78. The van der Waals surface area contributed by atoms with Gasteiger partial charge in [-0.2, -0.15) is 0 Å². The summed E-state index contributed by atoms with van der Waals surface area (Å²) in [7, 11) is 0. The van der Waals surface area contributed by atoms with Crippen molar-refractivity contribution in [2.24, 2.45) is 5.92 Å². The molecule has 1 saturated heterocycles. The standard InChI is InChI=1S/C18H26N2S/c1-2-6-18-17(5-1)15(13-21-18)11-20(10-14-7-8-14)12-16-4-3-9-19-16/h1-2,5-6,14-16,19H,3-4,7-13H2. The van der Waals surface area contributed by atoms with Crippen LogP contribution in [-0.4, -0.2) is 42.9 Å². The molecule has 1 aliphatic carbocycles. The number of nitrogens with zero attached hydrogens (tertiary/aromatic N) is 1. The van der Waals surface area contributed by atoms with Crippen molar-refractivity contribution in [2.45, 2.75) is 42.5 Å². The maximum absolute atomic E-state index is 3.68. The monoisotopic (exact) mass is 302 g/mol. The summed E-state index contributed by atoms with van der Waals surface area (Å²) in [4.78, 5) is 4.29. The number of benzene rings is 1. The van der Waals surface area contributed by atoms with Crippen molar-refractivity contribution in [1.29, 1.82) is 0 Å². The van der Waals surface area contributed by atoms with Gasteiger partial charge in [-0.25, -0.2) is 0 Å². The largest absolute Gasteiger partial charge is 0.313 e. The van der Waals surface area contributed by atoms with Gasteiger partial charge in [0, 0.05) is 42.2 Å². The van der Waals surface area contributed by atoms with Crippen LogP contribution < -0.4 is 5.32 Å². The van der Waals surface area contributed by atoms with Gasteiger partial charge in [-0.05, 0) is 49.8 Å². The Bertz CT molecular complexity index is 480. The third kappa shape index (κ3) is 3.46. The minimum Gasteiger partial charge on any atom is -0.313 e. The SMILES string of the molecule is c1ccc2c(c1)SCC2CN(CC1CC1)CC1CCCN1. The second-order valence-corrected chi connectivity index (χ2v) is 8.06. The van der Waals surface area contributed by atoms with Crippen LogP contribution in [0.2, 0.25) is 0 Å². The molecule has 1 aromatic carbocycles. The van der Waals surface area contributed by atoms with E-state index < -0.39 is 0 Å². The van der Waals surface area contributed by atoms with Crippen LogP contribution in [0.25, 0.3) is 0 Å². The lowest BCUT2D eigenvalue weighted by Crippen LogP contribution is -2.40. The Morgan fingerprint density at radius 1 is 1.10 bits per heavy atom. The first-order valence-corrected chi connectivity index (χ1v) is 9.54. The van der Waals surface area contributed by atoms with Crippen LogP contribution in [0.5, 0.6) is 0 Å². The molecule has 2 atom stereocenters. The molecular weight excluding hydrogens is 276 g/mol. The maximum atomic E-state index is 3.68. The average molecular weight is 302 g/mol. The lowest BCUT2D eigenvalue weighted by Gasteiger charge is -2.28. The number of hydrogen-bond acceptors (Lipinski definition) is 3. The number of hydrogen-bond donors (Lipinski definition) is 1. The number of thioether (sulfide) groups is 1. The molecule has 0 aromatic heterocycles. The van der Waals surface area contributed by atoms with Crippen LogP contribution in [0, 0.1) is 5.92 Å². The van der Waals surface area contributed by atoms with Gasteiger partial charge >= 0.3 is 0 Å². The summed E-state index contributed by atoms with van der Waals surface area (Å²) in [6.07, 6.45) is 5.66. The van der Waals surface area contributed by atoms with Crippen molar-refractivity contribution in [3.8, 4) is 0 Å². The minimum atomic E-state index is 0.742. The maximum Gasteiger partial charge on any atom is 0.0195 e. The fourth-order valence-electron chi connectivity index (χ4n) is 3.81. The molecule has 1 aromatic rings. The highest BCUT2D eigenvalue weighted by molar-refractivity contribution is 7.99. The zero-order chi connectivity index (χ0) is 14.1. The van der Waals surface area contributed by atoms with Gasteiger partial charge in [0.2, 0.25) is 0 Å². The Labute approximate surface area is 132 Å². The van der Waals surface area contributed by atoms with Gasteiger partial charge in [0.15, 0.2) is 0 Å². The normalized spacial score (nSPS) is 28.2. The first-order chi connectivity index (χ1) is 10.4. The molecule has 0 bridgehead atoms. The van der Waals surface area contributed by atoms with E-state index in [1.807, 2.05) is 0 Å². The summed E-state index contributed by atoms with van der Waals surface area (Å²) in [6.45, 7) is 5.09. The van der Waals surface area contributed by atoms with Crippen molar-refractivity contribution < 1.29 is 0 Å². The Morgan fingerprint density at radius 2 is 2.00 bits per heavy atom. The molecule has 1 saturated carbocycles. The topological polar surface area (TPSA) is 15.3 Å². The van der Waals surface area contributed by atoms with Gasteiger partial charge in [0.05, 0.1) is 0 Å². The highest BCUT2D eigenvalue weighted by Crippen LogP contribution is 2.40. The van der Waals surface area contributed by atoms with Gasteiger partial charge in [-0.15, -0.1) is 11.8 Å². The van der Waals surface area contributed by atoms with Crippen LogP contribution in [0.4, 0.5) is 0 Å². The molecule has 3 aliphatic rings. The molecule has 0 radical (unpaired) electrons. The lowest BCUT2D eigenvalue weighted by atomic mass is 10.0. The van der Waals surface area contributed by atoms with E-state index in [2.05, 4.69) is 46.2 Å². The Balaban J connectivity index is 1.41. The van der Waals surface area contributed by atoms with E-state index in [0.717, 1.165) is 17.9 Å². The summed E-state index contributed by atoms with van der Waals surface area (Å²) in [5, 5.41) is 3.68. The number of fused-ring (bicyclic) bond motifs is 1. The fraction of sp³-hybridized carbons (Fsp3) is 0.667. The second-order valence-electron chi connectivity index (χ2n) is 7.00. The number of rotatable bonds is 6. The molecule has 3 heteroatoms. The van der Waals surface area contributed by atoms with E-state index in [0.29, 0.717) is 0 Å². The summed E-state index contributed by atoms with van der Waals surface area (Å²) in [5.41, 5.74) is 1.60. The predicted octanol–water partition coefficient (Wildman–Crippen LogP) is 3.34. The van der Waals surface area contributed by atoms with Crippen molar-refractivity contribution in [1.82, 2.24) is 10.2 Å². The van der Waals surface area contributed by atoms with Gasteiger partial charge < -0.3 is 10.2 Å². The highest BCUT2D eigenvalue weighted by Gasteiger charge is 2.30. The van der Waals surface area contributed by atoms with E-state index in [1.54, 1.807) is 5.56 Å². The van der Waals surface area contributed by atoms with Crippen molar-refractivity contribution >= 4 is 11.8 Å². The zero-order valence-electron chi connectivity index (χ0n) is 12.8. The molecule has 2 nitrogen and oxygen atoms in total. The molecule has 2 unspecified atom stereocenters. The third-order valence-corrected chi connectivity index (χ3v) is 6.38. The van der Waals surface area contributed by atoms with Gasteiger partial charge in [-0.3, -0.25) is 0 Å². The van der Waals surface area contributed by atoms with Crippen LogP contribution >= 0.6 is 11.8 Å². The molecule has 21 heavy (non-hydrogen) atoms. The summed E-state index contributed by atoms with van der Waals surface area (Å²) < 4.78 is 0. The van der Waals surface area contributed by atoms with E-state index in [-0.39, 0.29) is 0 Å². The Hall–Kier alpha value is -0.510. The second kappa shape index (κ2) is 6.31. The average Bonchev–Trinajstić information content (AvgIpc) is 3.00. The molecule has 0 amide bonds. The van der Waals surface area contributed by atoms with Gasteiger partial charge in [0.1, 0.15) is 0 Å². The van der Waals surface area contributed by atoms with Crippen LogP contribution in [0.1, 0.15) is 37.2 Å². The fourth-order valence-corrected chi connectivity index (χ4v) is 5.05. The van der Waals surface area contributed by atoms with Crippen LogP contribution in [-0.2, 0) is 0 Å². The van der Waals surface area contributed by atoms with Gasteiger partial charge in [0.25, 0.3) is 0 Å². The molecule has 4 rings (SSSR count). The van der Waals surface area contributed by atoms with Crippen molar-refractivity contribution in [3.05, 3.63) is 29.8 Å². The van der Waals surface area contributed by atoms with E-state index in [4.69, 9.17) is 0 Å². The molecule has 0 spiro atoms. The molecular formula is C18H26N2S. The molecule has 2 fully saturated rings. The highest BCUT2D eigenvalue weighted by atomic mass is 32.2. The van der Waals surface area contributed by atoms with Crippen LogP contribution in [0.15, 0.2) is 29.2 Å². The molecule has 114 valence electrons. The smallest absolute Gasteiger partial charge is 0.0195 e. The zero-order valence-corrected chi connectivity index (χ0v) is 13.6. The Morgan fingerprint density at radius 3 is 2.81 bits per heavy atom. The van der Waals surface area contributed by atoms with E-state index in [9.17, 15) is 0 Å². The molecule has 2 aliphatic heterocycles. The van der Waals surface area contributed by atoms with E-state index in [1.165, 1.54) is 62.5 Å². The van der Waals surface area contributed by atoms with Crippen molar-refractivity contribution in [3.63, 3.8) is 0 Å². The van der Waals surface area contributed by atoms with E-state index >= 15 is 0 Å². The first-order valence-electron chi connectivity index (χ1n) is 8.56. The first kappa shape index (κ1) is 14.1. The quantitative estimate of drug-likeness (QED) is 0.867. The summed E-state index contributed by atoms with van der Waals surface area (Å²) in [5.74, 6) is 3.01. The Kier molecular flexibility index (Phi) is 4.24. The number of nitrogens with one attached hydrogen (secondary N) is 1.